The number of benzene rings is 2. The average molecular weight is 294 g/mol. The Balaban J connectivity index is 1.72. The smallest absolute Gasteiger partial charge is 0.328 e. The van der Waals surface area contributed by atoms with Crippen molar-refractivity contribution in [2.75, 3.05) is 0 Å². The van der Waals surface area contributed by atoms with E-state index in [1.165, 1.54) is 17.4 Å². The second kappa shape index (κ2) is 6.13. The number of nitrogens with zero attached hydrogens (tertiary/aromatic N) is 1. The molecule has 3 rings (SSSR count). The van der Waals surface area contributed by atoms with Crippen molar-refractivity contribution in [1.29, 1.82) is 0 Å². The lowest BCUT2D eigenvalue weighted by molar-refractivity contribution is 0.0956. The van der Waals surface area contributed by atoms with Crippen LogP contribution in [0.15, 0.2) is 67.1 Å². The zero-order valence-electron chi connectivity index (χ0n) is 11.7. The highest BCUT2D eigenvalue weighted by molar-refractivity contribution is 6.04. The number of hydrogen-bond acceptors (Lipinski definition) is 3. The van der Waals surface area contributed by atoms with E-state index < -0.39 is 11.9 Å². The first-order valence-corrected chi connectivity index (χ1v) is 6.82. The van der Waals surface area contributed by atoms with Crippen molar-refractivity contribution in [1.82, 2.24) is 10.2 Å². The minimum Gasteiger partial charge on any atom is -0.463 e. The average Bonchev–Trinajstić information content (AvgIpc) is 2.78. The van der Waals surface area contributed by atoms with Crippen molar-refractivity contribution in [2.24, 2.45) is 0 Å². The standard InChI is InChI=1S/C17H14N2O3/c20-16(13-6-2-1-3-7-13)18-17(21)19-10-11-22-15-9-5-4-8-14(15)12-19/h1-11H,12H2,(H,18,20,21). The molecule has 22 heavy (non-hydrogen) atoms. The molecule has 0 atom stereocenters. The molecule has 1 aliphatic rings. The van der Waals surface area contributed by atoms with Gasteiger partial charge in [-0.2, -0.15) is 0 Å². The molecule has 0 saturated carbocycles. The maximum atomic E-state index is 12.2. The molecule has 5 nitrogen and oxygen atoms in total. The molecule has 1 heterocycles. The number of imide groups is 1. The predicted octanol–water partition coefficient (Wildman–Crippen LogP) is 2.90. The van der Waals surface area contributed by atoms with Crippen LogP contribution in [0.3, 0.4) is 0 Å². The summed E-state index contributed by atoms with van der Waals surface area (Å²) in [5.41, 5.74) is 1.31. The molecule has 1 aliphatic heterocycles. The minimum absolute atomic E-state index is 0.334. The van der Waals surface area contributed by atoms with E-state index in [1.807, 2.05) is 30.3 Å². The maximum Gasteiger partial charge on any atom is 0.328 e. The van der Waals surface area contributed by atoms with Crippen LogP contribution in [0, 0.1) is 0 Å². The summed E-state index contributed by atoms with van der Waals surface area (Å²) >= 11 is 0. The molecule has 5 heteroatoms. The Kier molecular flexibility index (Phi) is 3.87. The number of fused-ring (bicyclic) bond motifs is 1. The van der Waals surface area contributed by atoms with Gasteiger partial charge >= 0.3 is 6.03 Å². The van der Waals surface area contributed by atoms with Crippen molar-refractivity contribution in [3.05, 3.63) is 78.2 Å². The van der Waals surface area contributed by atoms with Crippen LogP contribution in [0.1, 0.15) is 15.9 Å². The van der Waals surface area contributed by atoms with Gasteiger partial charge in [0.2, 0.25) is 0 Å². The van der Waals surface area contributed by atoms with Crippen LogP contribution in [-0.4, -0.2) is 16.8 Å². The van der Waals surface area contributed by atoms with E-state index in [2.05, 4.69) is 5.32 Å². The molecule has 1 N–H and O–H groups in total. The Morgan fingerprint density at radius 1 is 1.00 bits per heavy atom. The summed E-state index contributed by atoms with van der Waals surface area (Å²) in [4.78, 5) is 25.6. The van der Waals surface area contributed by atoms with Crippen molar-refractivity contribution in [3.63, 3.8) is 0 Å². The fourth-order valence-electron chi connectivity index (χ4n) is 2.13. The summed E-state index contributed by atoms with van der Waals surface area (Å²) in [6.07, 6.45) is 2.94. The highest BCUT2D eigenvalue weighted by atomic mass is 16.5. The second-order valence-corrected chi connectivity index (χ2v) is 4.76. The first-order valence-electron chi connectivity index (χ1n) is 6.82. The van der Waals surface area contributed by atoms with Crippen molar-refractivity contribution in [3.8, 4) is 5.75 Å². The van der Waals surface area contributed by atoms with Gasteiger partial charge in [-0.3, -0.25) is 15.0 Å². The second-order valence-electron chi connectivity index (χ2n) is 4.76. The van der Waals surface area contributed by atoms with Crippen LogP contribution in [0.25, 0.3) is 0 Å². The number of hydrogen-bond donors (Lipinski definition) is 1. The van der Waals surface area contributed by atoms with Gasteiger partial charge in [0.25, 0.3) is 5.91 Å². The number of para-hydroxylation sites is 1. The maximum absolute atomic E-state index is 12.2. The largest absolute Gasteiger partial charge is 0.463 e. The molecular formula is C17H14N2O3. The highest BCUT2D eigenvalue weighted by Gasteiger charge is 2.19. The third kappa shape index (κ3) is 2.98. The van der Waals surface area contributed by atoms with Crippen LogP contribution >= 0.6 is 0 Å². The molecule has 0 fully saturated rings. The van der Waals surface area contributed by atoms with Crippen molar-refractivity contribution < 1.29 is 14.3 Å². The minimum atomic E-state index is -0.495. The summed E-state index contributed by atoms with van der Waals surface area (Å²) in [6, 6.07) is 15.6. The van der Waals surface area contributed by atoms with Gasteiger partial charge in [-0.1, -0.05) is 36.4 Å². The number of rotatable bonds is 1. The molecule has 110 valence electrons. The molecule has 2 aromatic carbocycles. The molecule has 0 aromatic heterocycles. The fourth-order valence-corrected chi connectivity index (χ4v) is 2.13. The summed E-state index contributed by atoms with van der Waals surface area (Å²) in [5, 5.41) is 2.37. The van der Waals surface area contributed by atoms with Crippen molar-refractivity contribution in [2.45, 2.75) is 6.54 Å². The Labute approximate surface area is 127 Å². The van der Waals surface area contributed by atoms with Crippen molar-refractivity contribution >= 4 is 11.9 Å². The van der Waals surface area contributed by atoms with Crippen LogP contribution in [0.4, 0.5) is 4.79 Å². The summed E-state index contributed by atoms with van der Waals surface area (Å²) < 4.78 is 5.43. The summed E-state index contributed by atoms with van der Waals surface area (Å²) in [7, 11) is 0. The summed E-state index contributed by atoms with van der Waals surface area (Å²) in [5.74, 6) is 0.265. The number of nitrogens with one attached hydrogen (secondary N) is 1. The van der Waals surface area contributed by atoms with E-state index in [0.717, 1.165) is 5.56 Å². The Bertz CT molecular complexity index is 726. The van der Waals surface area contributed by atoms with E-state index in [4.69, 9.17) is 4.74 Å². The number of urea groups is 1. The highest BCUT2D eigenvalue weighted by Crippen LogP contribution is 2.22. The van der Waals surface area contributed by atoms with Gasteiger partial charge < -0.3 is 4.74 Å². The molecule has 0 bridgehead atoms. The lowest BCUT2D eigenvalue weighted by Crippen LogP contribution is -2.39. The van der Waals surface area contributed by atoms with Gasteiger partial charge in [-0.25, -0.2) is 4.79 Å². The molecule has 3 amide bonds. The molecule has 2 aromatic rings. The Morgan fingerprint density at radius 2 is 1.73 bits per heavy atom. The van der Waals surface area contributed by atoms with E-state index in [1.54, 1.807) is 24.3 Å². The van der Waals surface area contributed by atoms with Gasteiger partial charge in [-0.05, 0) is 18.2 Å². The normalized spacial score (nSPS) is 12.8. The van der Waals surface area contributed by atoms with Gasteiger partial charge in [0.15, 0.2) is 0 Å². The van der Waals surface area contributed by atoms with Gasteiger partial charge in [0.05, 0.1) is 6.54 Å². The predicted molar refractivity (Wildman–Crippen MR) is 81.1 cm³/mol. The Morgan fingerprint density at radius 3 is 2.55 bits per heavy atom. The third-order valence-corrected chi connectivity index (χ3v) is 3.27. The monoisotopic (exact) mass is 294 g/mol. The Hall–Kier alpha value is -3.08. The number of carbonyl (C=O) groups is 2. The first kappa shape index (κ1) is 13.9. The van der Waals surface area contributed by atoms with Crippen LogP contribution in [0.5, 0.6) is 5.75 Å². The van der Waals surface area contributed by atoms with Gasteiger partial charge in [-0.15, -0.1) is 0 Å². The van der Waals surface area contributed by atoms with Crippen LogP contribution in [-0.2, 0) is 6.54 Å². The lowest BCUT2D eigenvalue weighted by Gasteiger charge is -2.17. The van der Waals surface area contributed by atoms with E-state index in [9.17, 15) is 9.59 Å². The molecular weight excluding hydrogens is 280 g/mol. The number of amides is 3. The zero-order valence-corrected chi connectivity index (χ0v) is 11.7. The van der Waals surface area contributed by atoms with E-state index in [-0.39, 0.29) is 0 Å². The third-order valence-electron chi connectivity index (χ3n) is 3.27. The molecule has 0 unspecified atom stereocenters. The fraction of sp³-hybridized carbons (Fsp3) is 0.0588. The topological polar surface area (TPSA) is 58.6 Å². The first-order chi connectivity index (χ1) is 10.7. The molecule has 0 aliphatic carbocycles. The van der Waals surface area contributed by atoms with E-state index >= 15 is 0 Å². The van der Waals surface area contributed by atoms with E-state index in [0.29, 0.717) is 17.9 Å². The molecule has 0 radical (unpaired) electrons. The molecule has 0 spiro atoms. The molecule has 0 saturated heterocycles. The van der Waals surface area contributed by atoms with Crippen LogP contribution in [0.2, 0.25) is 0 Å². The zero-order chi connectivity index (χ0) is 15.4. The van der Waals surface area contributed by atoms with Gasteiger partial charge in [0, 0.05) is 17.3 Å². The summed E-state index contributed by atoms with van der Waals surface area (Å²) in [6.45, 7) is 0.334. The number of ether oxygens (including phenoxy) is 1. The number of carbonyl (C=O) groups excluding carboxylic acids is 2. The van der Waals surface area contributed by atoms with Gasteiger partial charge in [0.1, 0.15) is 12.0 Å². The lowest BCUT2D eigenvalue weighted by atomic mass is 10.2. The quantitative estimate of drug-likeness (QED) is 0.879. The SMILES string of the molecule is O=C(NC(=O)N1C=COc2ccccc2C1)c1ccccc1. The van der Waals surface area contributed by atoms with Crippen LogP contribution < -0.4 is 10.1 Å².